The van der Waals surface area contributed by atoms with Crippen molar-refractivity contribution in [2.45, 2.75) is 96.6 Å². The fraction of sp³-hybridized carbons (Fsp3) is 0.781. The van der Waals surface area contributed by atoms with Crippen LogP contribution in [-0.4, -0.2) is 107 Å². The number of amides is 6. The van der Waals surface area contributed by atoms with Crippen LogP contribution < -0.4 is 5.73 Å². The zero-order valence-corrected chi connectivity index (χ0v) is 28.0. The van der Waals surface area contributed by atoms with Crippen molar-refractivity contribution < 1.29 is 28.7 Å². The second-order valence-corrected chi connectivity index (χ2v) is 14.4. The van der Waals surface area contributed by atoms with Gasteiger partial charge in [0.05, 0.1) is 18.2 Å². The number of nitrogens with zero attached hydrogens (tertiary/aromatic N) is 4. The number of likely N-dealkylation sites (N-methyl/N-ethyl adjacent to an activating group) is 2. The zero-order chi connectivity index (χ0) is 32.2. The first kappa shape index (κ1) is 34.3. The molecule has 3 aliphatic carbocycles. The summed E-state index contributed by atoms with van der Waals surface area (Å²) in [4.78, 5) is 71.7. The molecule has 44 heavy (non-hydrogen) atoms. The summed E-state index contributed by atoms with van der Waals surface area (Å²) in [5, 5.41) is 0.149. The number of ether oxygens (including phenoxy) is 1. The Morgan fingerprint density at radius 1 is 1.05 bits per heavy atom. The Hall–Kier alpha value is -2.60. The van der Waals surface area contributed by atoms with Gasteiger partial charge < -0.3 is 20.3 Å². The van der Waals surface area contributed by atoms with Crippen molar-refractivity contribution in [2.24, 2.45) is 23.0 Å². The Morgan fingerprint density at radius 3 is 2.18 bits per heavy atom. The van der Waals surface area contributed by atoms with Gasteiger partial charge in [-0.1, -0.05) is 33.6 Å². The van der Waals surface area contributed by atoms with E-state index in [1.54, 1.807) is 23.9 Å². The third kappa shape index (κ3) is 6.38. The molecule has 2 heterocycles. The van der Waals surface area contributed by atoms with Gasteiger partial charge in [0, 0.05) is 39.1 Å². The minimum absolute atomic E-state index is 0.114. The predicted molar refractivity (Wildman–Crippen MR) is 169 cm³/mol. The summed E-state index contributed by atoms with van der Waals surface area (Å²) in [6.07, 6.45) is 8.80. The van der Waals surface area contributed by atoms with Gasteiger partial charge in [0.15, 0.2) is 0 Å². The molecule has 0 bridgehead atoms. The summed E-state index contributed by atoms with van der Waals surface area (Å²) in [5.41, 5.74) is 5.26. The normalized spacial score (nSPS) is 29.2. The number of imide groups is 2. The van der Waals surface area contributed by atoms with E-state index in [1.807, 2.05) is 20.8 Å². The lowest BCUT2D eigenvalue weighted by Gasteiger charge is -2.59. The van der Waals surface area contributed by atoms with E-state index < -0.39 is 17.4 Å². The lowest BCUT2D eigenvalue weighted by Crippen LogP contribution is -2.65. The molecule has 5 aliphatic rings. The van der Waals surface area contributed by atoms with Crippen molar-refractivity contribution >= 4 is 41.9 Å². The maximum atomic E-state index is 13.8. The van der Waals surface area contributed by atoms with Crippen LogP contribution in [0.2, 0.25) is 0 Å². The number of carbonyl (C=O) groups is 5. The highest BCUT2D eigenvalue weighted by Gasteiger charge is 2.68. The quantitative estimate of drug-likeness (QED) is 0.127. The van der Waals surface area contributed by atoms with Crippen LogP contribution in [0.1, 0.15) is 85.0 Å². The van der Waals surface area contributed by atoms with Gasteiger partial charge in [-0.2, -0.15) is 0 Å². The summed E-state index contributed by atoms with van der Waals surface area (Å²) in [6.45, 7) is 8.21. The topological polar surface area (TPSA) is 134 Å². The highest BCUT2D eigenvalue weighted by molar-refractivity contribution is 8.03. The number of hydrogen-bond acceptors (Lipinski definition) is 8. The standard InChI is InChI=1S/C30H45N5O6S.C2H6/c1-4-42-24(31)23(25(37)32(2)13-20-7-5-6-8-20)26(38)34(19-36)22-9-11-29(12-10-22)17-30(18-29)27(39)33(3)28(40)35(30)14-21-15-41-16-21;1-2/h19-22H,4-18,31H2,1-3H3;1-2H3/b24-23+;. The van der Waals surface area contributed by atoms with Crippen LogP contribution in [-0.2, 0) is 23.9 Å². The number of thioether (sulfide) groups is 1. The van der Waals surface area contributed by atoms with Crippen molar-refractivity contribution in [1.29, 1.82) is 0 Å². The number of rotatable bonds is 10. The molecule has 0 aromatic carbocycles. The minimum atomic E-state index is -0.799. The van der Waals surface area contributed by atoms with E-state index >= 15 is 0 Å². The van der Waals surface area contributed by atoms with E-state index in [0.29, 0.717) is 70.1 Å². The lowest BCUT2D eigenvalue weighted by atomic mass is 9.51. The van der Waals surface area contributed by atoms with Crippen LogP contribution in [0.4, 0.5) is 4.79 Å². The number of nitrogens with two attached hydrogens (primary N) is 1. The molecule has 2 spiro atoms. The largest absolute Gasteiger partial charge is 0.393 e. The fourth-order valence-electron chi connectivity index (χ4n) is 7.97. The van der Waals surface area contributed by atoms with E-state index in [-0.39, 0.29) is 39.9 Å². The number of hydrogen-bond donors (Lipinski definition) is 1. The Bertz CT molecular complexity index is 1130. The van der Waals surface area contributed by atoms with E-state index in [2.05, 4.69) is 0 Å². The molecule has 3 saturated carbocycles. The maximum Gasteiger partial charge on any atom is 0.327 e. The summed E-state index contributed by atoms with van der Waals surface area (Å²) in [7, 11) is 3.26. The van der Waals surface area contributed by atoms with Crippen LogP contribution in [0.5, 0.6) is 0 Å². The molecule has 0 aromatic rings. The van der Waals surface area contributed by atoms with E-state index in [9.17, 15) is 24.0 Å². The van der Waals surface area contributed by atoms with Crippen LogP contribution >= 0.6 is 11.8 Å². The fourth-order valence-corrected chi connectivity index (χ4v) is 8.60. The second kappa shape index (κ2) is 14.2. The van der Waals surface area contributed by atoms with Gasteiger partial charge in [0.1, 0.15) is 11.1 Å². The molecule has 2 N–H and O–H groups in total. The van der Waals surface area contributed by atoms with E-state index in [4.69, 9.17) is 10.5 Å². The van der Waals surface area contributed by atoms with Crippen LogP contribution in [0, 0.1) is 17.3 Å². The number of carbonyl (C=O) groups excluding carboxylic acids is 5. The van der Waals surface area contributed by atoms with Crippen molar-refractivity contribution in [1.82, 2.24) is 19.6 Å². The maximum absolute atomic E-state index is 13.8. The molecule has 0 unspecified atom stereocenters. The molecule has 11 nitrogen and oxygen atoms in total. The summed E-state index contributed by atoms with van der Waals surface area (Å²) >= 11 is 1.23. The second-order valence-electron chi connectivity index (χ2n) is 13.1. The molecule has 5 fully saturated rings. The van der Waals surface area contributed by atoms with Gasteiger partial charge in [0.25, 0.3) is 17.7 Å². The highest BCUT2D eigenvalue weighted by Crippen LogP contribution is 2.61. The molecule has 5 rings (SSSR count). The zero-order valence-electron chi connectivity index (χ0n) is 27.1. The van der Waals surface area contributed by atoms with E-state index in [0.717, 1.165) is 38.5 Å². The summed E-state index contributed by atoms with van der Waals surface area (Å²) in [5.74, 6) is 0.0608. The minimum Gasteiger partial charge on any atom is -0.393 e. The average Bonchev–Trinajstić information content (AvgIpc) is 3.55. The van der Waals surface area contributed by atoms with Gasteiger partial charge in [-0.05, 0) is 68.5 Å². The van der Waals surface area contributed by atoms with Crippen molar-refractivity contribution in [2.75, 3.05) is 46.2 Å². The SMILES string of the molecule is CC.CCS/C(N)=C(\C(=O)N(C)CC1CCCC1)C(=O)N(C=O)C1CCC2(CC1)CC1(C2)C(=O)N(C)C(=O)N1CC1COC1. The molecule has 0 atom stereocenters. The van der Waals surface area contributed by atoms with Gasteiger partial charge >= 0.3 is 6.03 Å². The Kier molecular flexibility index (Phi) is 11.1. The Morgan fingerprint density at radius 2 is 1.66 bits per heavy atom. The van der Waals surface area contributed by atoms with Crippen LogP contribution in [0.25, 0.3) is 0 Å². The highest BCUT2D eigenvalue weighted by atomic mass is 32.2. The molecule has 2 saturated heterocycles. The first-order valence-corrected chi connectivity index (χ1v) is 17.4. The van der Waals surface area contributed by atoms with Crippen molar-refractivity contribution in [3.63, 3.8) is 0 Å². The Balaban J connectivity index is 0.00000216. The first-order valence-electron chi connectivity index (χ1n) is 16.4. The molecule has 12 heteroatoms. The lowest BCUT2D eigenvalue weighted by molar-refractivity contribution is -0.154. The Labute approximate surface area is 266 Å². The van der Waals surface area contributed by atoms with Gasteiger partial charge in [-0.15, -0.1) is 11.8 Å². The van der Waals surface area contributed by atoms with Crippen LogP contribution in [0.15, 0.2) is 10.6 Å². The molecule has 0 aromatic heterocycles. The molecule has 6 amide bonds. The molecular weight excluding hydrogens is 582 g/mol. The molecule has 246 valence electrons. The van der Waals surface area contributed by atoms with E-state index in [1.165, 1.54) is 21.6 Å². The molecule has 0 radical (unpaired) electrons. The summed E-state index contributed by atoms with van der Waals surface area (Å²) in [6, 6.07) is -0.594. The van der Waals surface area contributed by atoms with Crippen molar-refractivity contribution in [3.8, 4) is 0 Å². The summed E-state index contributed by atoms with van der Waals surface area (Å²) < 4.78 is 5.30. The number of urea groups is 1. The molecular formula is C32H51N5O6S. The third-order valence-electron chi connectivity index (χ3n) is 10.3. The van der Waals surface area contributed by atoms with Gasteiger partial charge in [-0.3, -0.25) is 29.0 Å². The monoisotopic (exact) mass is 633 g/mol. The van der Waals surface area contributed by atoms with Gasteiger partial charge in [-0.25, -0.2) is 4.79 Å². The van der Waals surface area contributed by atoms with Gasteiger partial charge in [0.2, 0.25) is 6.41 Å². The third-order valence-corrected chi connectivity index (χ3v) is 11.1. The van der Waals surface area contributed by atoms with Crippen molar-refractivity contribution in [3.05, 3.63) is 10.6 Å². The smallest absolute Gasteiger partial charge is 0.327 e. The van der Waals surface area contributed by atoms with Crippen LogP contribution in [0.3, 0.4) is 0 Å². The average molecular weight is 634 g/mol. The first-order chi connectivity index (χ1) is 21.1. The predicted octanol–water partition coefficient (Wildman–Crippen LogP) is 3.57. The molecule has 2 aliphatic heterocycles.